The zero-order valence-electron chi connectivity index (χ0n) is 10.5. The molecule has 0 amide bonds. The highest BCUT2D eigenvalue weighted by Crippen LogP contribution is 2.28. The van der Waals surface area contributed by atoms with Crippen molar-refractivity contribution in [3.63, 3.8) is 0 Å². The molecule has 0 aliphatic heterocycles. The van der Waals surface area contributed by atoms with Gasteiger partial charge in [0.1, 0.15) is 5.75 Å². The number of allylic oxidation sites excluding steroid dienone is 1. The average Bonchev–Trinajstić information content (AvgIpc) is 2.35. The number of nitrogens with one attached hydrogen (secondary N) is 1. The molecule has 2 nitrogen and oxygen atoms in total. The van der Waals surface area contributed by atoms with E-state index >= 15 is 0 Å². The molecule has 17 heavy (non-hydrogen) atoms. The van der Waals surface area contributed by atoms with E-state index in [1.807, 2.05) is 25.3 Å². The van der Waals surface area contributed by atoms with E-state index in [2.05, 4.69) is 40.8 Å². The SMILES string of the molecule is C=CCCCOc1ccc(Br)cc1C(C)NC. The summed E-state index contributed by atoms with van der Waals surface area (Å²) in [6.07, 6.45) is 3.92. The predicted octanol–water partition coefficient (Wildman–Crippen LogP) is 4.07. The summed E-state index contributed by atoms with van der Waals surface area (Å²) >= 11 is 3.49. The molecule has 3 heteroatoms. The molecule has 1 rings (SSSR count). The van der Waals surface area contributed by atoms with Gasteiger partial charge in [0.05, 0.1) is 6.61 Å². The summed E-state index contributed by atoms with van der Waals surface area (Å²) in [5, 5.41) is 3.23. The van der Waals surface area contributed by atoms with Crippen LogP contribution in [0.1, 0.15) is 31.4 Å². The summed E-state index contributed by atoms with van der Waals surface area (Å²) in [6.45, 7) is 6.56. The van der Waals surface area contributed by atoms with Crippen LogP contribution in [0.4, 0.5) is 0 Å². The number of ether oxygens (including phenoxy) is 1. The van der Waals surface area contributed by atoms with E-state index < -0.39 is 0 Å². The maximum Gasteiger partial charge on any atom is 0.124 e. The van der Waals surface area contributed by atoms with Crippen LogP contribution in [-0.2, 0) is 0 Å². The van der Waals surface area contributed by atoms with Gasteiger partial charge in [-0.2, -0.15) is 0 Å². The Balaban J connectivity index is 2.72. The van der Waals surface area contributed by atoms with Gasteiger partial charge >= 0.3 is 0 Å². The van der Waals surface area contributed by atoms with Crippen molar-refractivity contribution in [2.75, 3.05) is 13.7 Å². The Hall–Kier alpha value is -0.800. The van der Waals surface area contributed by atoms with Crippen molar-refractivity contribution >= 4 is 15.9 Å². The van der Waals surface area contributed by atoms with Crippen LogP contribution in [0.2, 0.25) is 0 Å². The number of hydrogen-bond donors (Lipinski definition) is 1. The molecule has 0 bridgehead atoms. The van der Waals surface area contributed by atoms with Crippen molar-refractivity contribution in [3.8, 4) is 5.75 Å². The lowest BCUT2D eigenvalue weighted by molar-refractivity contribution is 0.306. The van der Waals surface area contributed by atoms with E-state index in [1.54, 1.807) is 0 Å². The van der Waals surface area contributed by atoms with E-state index in [9.17, 15) is 0 Å². The Kier molecular flexibility index (Phi) is 6.30. The van der Waals surface area contributed by atoms with Gasteiger partial charge in [0.25, 0.3) is 0 Å². The molecule has 1 atom stereocenters. The number of hydrogen-bond acceptors (Lipinski definition) is 2. The summed E-state index contributed by atoms with van der Waals surface area (Å²) < 4.78 is 6.89. The molecule has 0 aliphatic rings. The normalized spacial score (nSPS) is 12.2. The van der Waals surface area contributed by atoms with Gasteiger partial charge in [0.2, 0.25) is 0 Å². The lowest BCUT2D eigenvalue weighted by Crippen LogP contribution is -2.14. The van der Waals surface area contributed by atoms with Gasteiger partial charge in [-0.05, 0) is 45.0 Å². The molecule has 1 unspecified atom stereocenters. The maximum atomic E-state index is 5.81. The number of benzene rings is 1. The maximum absolute atomic E-state index is 5.81. The smallest absolute Gasteiger partial charge is 0.124 e. The van der Waals surface area contributed by atoms with E-state index in [1.165, 1.54) is 5.56 Å². The highest BCUT2D eigenvalue weighted by molar-refractivity contribution is 9.10. The monoisotopic (exact) mass is 297 g/mol. The Morgan fingerprint density at radius 3 is 2.94 bits per heavy atom. The zero-order valence-corrected chi connectivity index (χ0v) is 12.1. The molecular weight excluding hydrogens is 278 g/mol. The first-order chi connectivity index (χ1) is 8.19. The Morgan fingerprint density at radius 1 is 1.53 bits per heavy atom. The van der Waals surface area contributed by atoms with Crippen LogP contribution in [0.25, 0.3) is 0 Å². The molecule has 0 spiro atoms. The second-order valence-electron chi connectivity index (χ2n) is 3.97. The fourth-order valence-electron chi connectivity index (χ4n) is 1.55. The minimum Gasteiger partial charge on any atom is -0.493 e. The first-order valence-corrected chi connectivity index (χ1v) is 6.68. The molecule has 94 valence electrons. The third-order valence-electron chi connectivity index (χ3n) is 2.68. The van der Waals surface area contributed by atoms with Gasteiger partial charge in [0.15, 0.2) is 0 Å². The van der Waals surface area contributed by atoms with E-state index in [0.29, 0.717) is 0 Å². The lowest BCUT2D eigenvalue weighted by Gasteiger charge is -2.16. The molecule has 0 aromatic heterocycles. The number of unbranched alkanes of at least 4 members (excludes halogenated alkanes) is 1. The number of rotatable bonds is 7. The average molecular weight is 298 g/mol. The van der Waals surface area contributed by atoms with Crippen LogP contribution in [-0.4, -0.2) is 13.7 Å². The van der Waals surface area contributed by atoms with Gasteiger partial charge in [0, 0.05) is 16.1 Å². The lowest BCUT2D eigenvalue weighted by atomic mass is 10.1. The topological polar surface area (TPSA) is 21.3 Å². The molecule has 0 aliphatic carbocycles. The molecule has 1 aromatic carbocycles. The Bertz CT molecular complexity index is 365. The second kappa shape index (κ2) is 7.51. The minimum absolute atomic E-state index is 0.280. The molecule has 0 heterocycles. The van der Waals surface area contributed by atoms with E-state index in [4.69, 9.17) is 4.74 Å². The highest BCUT2D eigenvalue weighted by atomic mass is 79.9. The Labute approximate surface area is 112 Å². The molecule has 0 fully saturated rings. The fourth-order valence-corrected chi connectivity index (χ4v) is 1.93. The molecule has 0 radical (unpaired) electrons. The van der Waals surface area contributed by atoms with Crippen LogP contribution in [0.15, 0.2) is 35.3 Å². The van der Waals surface area contributed by atoms with Crippen molar-refractivity contribution in [3.05, 3.63) is 40.9 Å². The van der Waals surface area contributed by atoms with E-state index in [0.717, 1.165) is 29.7 Å². The standard InChI is InChI=1S/C14H20BrNO/c1-4-5-6-9-17-14-8-7-12(15)10-13(14)11(2)16-3/h4,7-8,10-11,16H,1,5-6,9H2,2-3H3. The van der Waals surface area contributed by atoms with Gasteiger partial charge < -0.3 is 10.1 Å². The van der Waals surface area contributed by atoms with Crippen LogP contribution in [0.3, 0.4) is 0 Å². The molecule has 1 N–H and O–H groups in total. The third-order valence-corrected chi connectivity index (χ3v) is 3.17. The summed E-state index contributed by atoms with van der Waals surface area (Å²) in [7, 11) is 1.95. The van der Waals surface area contributed by atoms with Gasteiger partial charge in [-0.15, -0.1) is 6.58 Å². The summed E-state index contributed by atoms with van der Waals surface area (Å²) in [4.78, 5) is 0. The molecule has 1 aromatic rings. The van der Waals surface area contributed by atoms with Crippen molar-refractivity contribution in [1.82, 2.24) is 5.32 Å². The number of halogens is 1. The largest absolute Gasteiger partial charge is 0.493 e. The zero-order chi connectivity index (χ0) is 12.7. The summed E-state index contributed by atoms with van der Waals surface area (Å²) in [5.74, 6) is 0.958. The highest BCUT2D eigenvalue weighted by Gasteiger charge is 2.10. The van der Waals surface area contributed by atoms with Gasteiger partial charge in [-0.25, -0.2) is 0 Å². The van der Waals surface area contributed by atoms with Crippen LogP contribution >= 0.6 is 15.9 Å². The van der Waals surface area contributed by atoms with E-state index in [-0.39, 0.29) is 6.04 Å². The molecular formula is C14H20BrNO. The van der Waals surface area contributed by atoms with Crippen molar-refractivity contribution in [2.24, 2.45) is 0 Å². The minimum atomic E-state index is 0.280. The van der Waals surface area contributed by atoms with Crippen LogP contribution in [0.5, 0.6) is 5.75 Å². The summed E-state index contributed by atoms with van der Waals surface area (Å²) in [6, 6.07) is 6.40. The quantitative estimate of drug-likeness (QED) is 0.605. The molecule has 0 saturated carbocycles. The molecule has 0 saturated heterocycles. The second-order valence-corrected chi connectivity index (χ2v) is 4.89. The van der Waals surface area contributed by atoms with Crippen molar-refractivity contribution in [1.29, 1.82) is 0 Å². The van der Waals surface area contributed by atoms with Gasteiger partial charge in [-0.1, -0.05) is 22.0 Å². The Morgan fingerprint density at radius 2 is 2.29 bits per heavy atom. The third kappa shape index (κ3) is 4.52. The predicted molar refractivity (Wildman–Crippen MR) is 76.5 cm³/mol. The van der Waals surface area contributed by atoms with Crippen LogP contribution in [0, 0.1) is 0 Å². The van der Waals surface area contributed by atoms with Crippen molar-refractivity contribution in [2.45, 2.75) is 25.8 Å². The van der Waals surface area contributed by atoms with Crippen molar-refractivity contribution < 1.29 is 4.74 Å². The van der Waals surface area contributed by atoms with Gasteiger partial charge in [-0.3, -0.25) is 0 Å². The first kappa shape index (κ1) is 14.3. The first-order valence-electron chi connectivity index (χ1n) is 5.89. The summed E-state index contributed by atoms with van der Waals surface area (Å²) in [5.41, 5.74) is 1.18. The van der Waals surface area contributed by atoms with Crippen LogP contribution < -0.4 is 10.1 Å². The fraction of sp³-hybridized carbons (Fsp3) is 0.429.